The van der Waals surface area contributed by atoms with Gasteiger partial charge in [0.15, 0.2) is 18.1 Å². The summed E-state index contributed by atoms with van der Waals surface area (Å²) in [4.78, 5) is 49.2. The lowest BCUT2D eigenvalue weighted by atomic mass is 10.2. The van der Waals surface area contributed by atoms with Gasteiger partial charge in [-0.1, -0.05) is 18.2 Å². The van der Waals surface area contributed by atoms with Crippen molar-refractivity contribution in [3.63, 3.8) is 0 Å². The van der Waals surface area contributed by atoms with E-state index >= 15 is 0 Å². The molecule has 33 heavy (non-hydrogen) atoms. The maximum absolute atomic E-state index is 12.7. The number of amides is 3. The zero-order chi connectivity index (χ0) is 24.0. The van der Waals surface area contributed by atoms with Gasteiger partial charge in [-0.15, -0.1) is 0 Å². The number of hydrogen-bond acceptors (Lipinski definition) is 7. The number of para-hydroxylation sites is 1. The molecule has 3 amide bonds. The highest BCUT2D eigenvalue weighted by molar-refractivity contribution is 9.10. The quantitative estimate of drug-likeness (QED) is 0.463. The van der Waals surface area contributed by atoms with Gasteiger partial charge >= 0.3 is 5.97 Å². The minimum Gasteiger partial charge on any atom is -0.490 e. The van der Waals surface area contributed by atoms with Gasteiger partial charge in [-0.25, -0.2) is 4.79 Å². The summed E-state index contributed by atoms with van der Waals surface area (Å²) < 4.78 is 11.4. The molecule has 1 saturated heterocycles. The molecule has 11 heteroatoms. The number of nitrogens with one attached hydrogen (secondary N) is 1. The van der Waals surface area contributed by atoms with Gasteiger partial charge in [-0.3, -0.25) is 19.3 Å². The van der Waals surface area contributed by atoms with E-state index in [2.05, 4.69) is 21.2 Å². The van der Waals surface area contributed by atoms with Gasteiger partial charge in [0.25, 0.3) is 11.1 Å². The molecule has 0 aliphatic carbocycles. The number of nitrogens with zero attached hydrogens (tertiary/aromatic N) is 1. The third-order valence-corrected chi connectivity index (χ3v) is 5.84. The van der Waals surface area contributed by atoms with Crippen LogP contribution in [0.2, 0.25) is 0 Å². The van der Waals surface area contributed by atoms with Crippen molar-refractivity contribution >= 4 is 62.5 Å². The topological polar surface area (TPSA) is 122 Å². The molecular weight excluding hydrogens is 516 g/mol. The van der Waals surface area contributed by atoms with E-state index in [1.54, 1.807) is 43.3 Å². The Balaban J connectivity index is 1.73. The van der Waals surface area contributed by atoms with Crippen molar-refractivity contribution < 1.29 is 33.8 Å². The highest BCUT2D eigenvalue weighted by Gasteiger charge is 2.36. The number of carbonyl (C=O) groups excluding carboxylic acids is 3. The first kappa shape index (κ1) is 24.3. The molecule has 0 spiro atoms. The lowest BCUT2D eigenvalue weighted by Crippen LogP contribution is -2.36. The second kappa shape index (κ2) is 11.0. The van der Waals surface area contributed by atoms with Crippen molar-refractivity contribution in [3.8, 4) is 11.5 Å². The summed E-state index contributed by atoms with van der Waals surface area (Å²) in [6.07, 6.45) is 1.50. The van der Waals surface area contributed by atoms with E-state index in [9.17, 15) is 19.2 Å². The summed E-state index contributed by atoms with van der Waals surface area (Å²) in [7, 11) is 0. The van der Waals surface area contributed by atoms with Crippen molar-refractivity contribution in [2.45, 2.75) is 6.92 Å². The fourth-order valence-electron chi connectivity index (χ4n) is 2.83. The normalized spacial score (nSPS) is 14.5. The molecule has 0 unspecified atom stereocenters. The van der Waals surface area contributed by atoms with Crippen LogP contribution < -0.4 is 14.8 Å². The minimum absolute atomic E-state index is 0.148. The van der Waals surface area contributed by atoms with Crippen LogP contribution in [0.4, 0.5) is 10.5 Å². The van der Waals surface area contributed by atoms with Gasteiger partial charge in [0.05, 0.1) is 17.2 Å². The van der Waals surface area contributed by atoms with E-state index in [-0.39, 0.29) is 10.7 Å². The summed E-state index contributed by atoms with van der Waals surface area (Å²) in [6, 6.07) is 11.7. The van der Waals surface area contributed by atoms with Crippen LogP contribution in [0.25, 0.3) is 6.08 Å². The van der Waals surface area contributed by atoms with Crippen LogP contribution in [-0.2, 0) is 14.4 Å². The molecule has 0 radical (unpaired) electrons. The molecule has 3 rings (SSSR count). The van der Waals surface area contributed by atoms with Gasteiger partial charge in [-0.05, 0) is 70.5 Å². The zero-order valence-electron chi connectivity index (χ0n) is 17.4. The van der Waals surface area contributed by atoms with Gasteiger partial charge < -0.3 is 19.9 Å². The number of carboxylic acid groups (broad SMARTS) is 1. The molecule has 0 aromatic heterocycles. The van der Waals surface area contributed by atoms with Crippen molar-refractivity contribution in [2.75, 3.05) is 25.1 Å². The highest BCUT2D eigenvalue weighted by Crippen LogP contribution is 2.34. The fraction of sp³-hybridized carbons (Fsp3) is 0.182. The lowest BCUT2D eigenvalue weighted by Gasteiger charge is -2.13. The molecule has 1 fully saturated rings. The Labute approximate surface area is 201 Å². The van der Waals surface area contributed by atoms with E-state index in [0.717, 1.165) is 16.7 Å². The maximum atomic E-state index is 12.7. The average Bonchev–Trinajstić information content (AvgIpc) is 3.02. The van der Waals surface area contributed by atoms with Crippen LogP contribution in [0.3, 0.4) is 0 Å². The first-order valence-electron chi connectivity index (χ1n) is 9.69. The third kappa shape index (κ3) is 6.36. The molecule has 172 valence electrons. The van der Waals surface area contributed by atoms with Gasteiger partial charge in [0, 0.05) is 4.47 Å². The van der Waals surface area contributed by atoms with Crippen molar-refractivity contribution in [1.29, 1.82) is 0 Å². The molecule has 0 atom stereocenters. The standard InChI is InChI=1S/C22H19BrN2O7S/c1-2-31-17-9-13(7-8-16(17)32-12-20(27)28)10-18-21(29)25(22(30)33-18)11-19(26)24-15-6-4-3-5-14(15)23/h3-10H,2,11-12H2,1H3,(H,24,26)(H,27,28)/b18-10+. The highest BCUT2D eigenvalue weighted by atomic mass is 79.9. The Kier molecular flexibility index (Phi) is 8.12. The Morgan fingerprint density at radius 1 is 1.15 bits per heavy atom. The average molecular weight is 535 g/mol. The van der Waals surface area contributed by atoms with Crippen molar-refractivity contribution in [2.24, 2.45) is 0 Å². The van der Waals surface area contributed by atoms with E-state index < -0.39 is 36.2 Å². The van der Waals surface area contributed by atoms with Crippen LogP contribution >= 0.6 is 27.7 Å². The molecule has 2 aromatic carbocycles. The van der Waals surface area contributed by atoms with Crippen LogP contribution in [0.15, 0.2) is 51.8 Å². The SMILES string of the molecule is CCOc1cc(/C=C2/SC(=O)N(CC(=O)Nc3ccccc3Br)C2=O)ccc1OCC(=O)O. The van der Waals surface area contributed by atoms with Gasteiger partial charge in [0.1, 0.15) is 6.54 Å². The van der Waals surface area contributed by atoms with Crippen molar-refractivity contribution in [1.82, 2.24) is 4.90 Å². The molecule has 2 N–H and O–H groups in total. The molecule has 0 saturated carbocycles. The summed E-state index contributed by atoms with van der Waals surface area (Å²) in [5.41, 5.74) is 1.07. The number of benzene rings is 2. The second-order valence-electron chi connectivity index (χ2n) is 6.62. The number of rotatable bonds is 9. The predicted molar refractivity (Wildman–Crippen MR) is 126 cm³/mol. The van der Waals surface area contributed by atoms with Gasteiger partial charge in [0.2, 0.25) is 5.91 Å². The molecule has 2 aromatic rings. The first-order chi connectivity index (χ1) is 15.8. The number of hydrogen-bond donors (Lipinski definition) is 2. The fourth-order valence-corrected chi connectivity index (χ4v) is 4.05. The number of halogens is 1. The Hall–Kier alpha value is -3.31. The number of imide groups is 1. The monoisotopic (exact) mass is 534 g/mol. The Morgan fingerprint density at radius 3 is 2.61 bits per heavy atom. The van der Waals surface area contributed by atoms with Crippen LogP contribution in [0, 0.1) is 0 Å². The number of aliphatic carboxylic acids is 1. The van der Waals surface area contributed by atoms with Gasteiger partial charge in [-0.2, -0.15) is 0 Å². The van der Waals surface area contributed by atoms with E-state index in [4.69, 9.17) is 14.6 Å². The minimum atomic E-state index is -1.13. The van der Waals surface area contributed by atoms with E-state index in [1.165, 1.54) is 12.1 Å². The van der Waals surface area contributed by atoms with Crippen LogP contribution in [-0.4, -0.2) is 52.8 Å². The van der Waals surface area contributed by atoms with Crippen LogP contribution in [0.1, 0.15) is 12.5 Å². The molecule has 1 aliphatic heterocycles. The molecule has 0 bridgehead atoms. The Bertz CT molecular complexity index is 1140. The molecular formula is C22H19BrN2O7S. The summed E-state index contributed by atoms with van der Waals surface area (Å²) in [5, 5.41) is 10.9. The lowest BCUT2D eigenvalue weighted by molar-refractivity contribution is -0.139. The number of carbonyl (C=O) groups is 4. The first-order valence-corrected chi connectivity index (χ1v) is 11.3. The summed E-state index contributed by atoms with van der Waals surface area (Å²) in [6.45, 7) is 1.13. The third-order valence-electron chi connectivity index (χ3n) is 4.24. The number of anilines is 1. The van der Waals surface area contributed by atoms with E-state index in [0.29, 0.717) is 28.1 Å². The maximum Gasteiger partial charge on any atom is 0.341 e. The summed E-state index contributed by atoms with van der Waals surface area (Å²) in [5.74, 6) is -1.67. The van der Waals surface area contributed by atoms with Crippen LogP contribution in [0.5, 0.6) is 11.5 Å². The predicted octanol–water partition coefficient (Wildman–Crippen LogP) is 3.99. The molecule has 9 nitrogen and oxygen atoms in total. The molecule has 1 heterocycles. The number of thioether (sulfide) groups is 1. The van der Waals surface area contributed by atoms with Crippen molar-refractivity contribution in [3.05, 3.63) is 57.4 Å². The zero-order valence-corrected chi connectivity index (χ0v) is 19.8. The molecule has 1 aliphatic rings. The Morgan fingerprint density at radius 2 is 1.91 bits per heavy atom. The largest absolute Gasteiger partial charge is 0.490 e. The van der Waals surface area contributed by atoms with E-state index in [1.807, 2.05) is 0 Å². The second-order valence-corrected chi connectivity index (χ2v) is 8.47. The number of carboxylic acids is 1. The smallest absolute Gasteiger partial charge is 0.341 e. The number of ether oxygens (including phenoxy) is 2. The summed E-state index contributed by atoms with van der Waals surface area (Å²) >= 11 is 4.05.